The number of anilines is 3. The van der Waals surface area contributed by atoms with Gasteiger partial charge in [-0.05, 0) is 46.0 Å². The normalized spacial score (nSPS) is 11.5. The summed E-state index contributed by atoms with van der Waals surface area (Å²) in [5.74, 6) is 0. The minimum Gasteiger partial charge on any atom is -0.454 e. The first-order chi connectivity index (χ1) is 19.9. The Balaban J connectivity index is 1.58. The SMILES string of the molecule is c1ccc(-c2c(N(c3ccccc3)c3cccc4c3oc3ccccc34)c3ccccc3c3ccccc23)cc1. The Morgan fingerprint density at radius 2 is 0.950 bits per heavy atom. The Bertz CT molecular complexity index is 2160. The van der Waals surface area contributed by atoms with Crippen LogP contribution in [0.2, 0.25) is 0 Å². The van der Waals surface area contributed by atoms with Gasteiger partial charge in [-0.3, -0.25) is 0 Å². The summed E-state index contributed by atoms with van der Waals surface area (Å²) in [6.07, 6.45) is 0. The third-order valence-electron chi connectivity index (χ3n) is 7.83. The lowest BCUT2D eigenvalue weighted by molar-refractivity contribution is 0.669. The highest BCUT2D eigenvalue weighted by molar-refractivity contribution is 6.23. The van der Waals surface area contributed by atoms with Crippen molar-refractivity contribution in [1.29, 1.82) is 0 Å². The van der Waals surface area contributed by atoms with Crippen LogP contribution in [0.3, 0.4) is 0 Å². The molecule has 188 valence electrons. The van der Waals surface area contributed by atoms with E-state index in [4.69, 9.17) is 4.42 Å². The molecule has 40 heavy (non-hydrogen) atoms. The third kappa shape index (κ3) is 3.43. The Hall–Kier alpha value is -5.34. The second-order valence-corrected chi connectivity index (χ2v) is 10.1. The summed E-state index contributed by atoms with van der Waals surface area (Å²) in [4.78, 5) is 2.39. The number of benzene rings is 7. The van der Waals surface area contributed by atoms with Crippen molar-refractivity contribution in [3.63, 3.8) is 0 Å². The number of para-hydroxylation sites is 3. The van der Waals surface area contributed by atoms with Crippen molar-refractivity contribution in [1.82, 2.24) is 0 Å². The van der Waals surface area contributed by atoms with Gasteiger partial charge in [-0.15, -0.1) is 0 Å². The maximum absolute atomic E-state index is 6.61. The Labute approximate surface area is 232 Å². The molecule has 0 fully saturated rings. The molecule has 0 aliphatic carbocycles. The standard InChI is InChI=1S/C38H25NO/c1-3-14-26(15-4-1)36-31-21-9-7-18-28(31)29-19-8-10-22-32(29)37(36)39(27-16-5-2-6-17-27)34-24-13-23-33-30-20-11-12-25-35(30)40-38(33)34/h1-25H. The Morgan fingerprint density at radius 1 is 0.400 bits per heavy atom. The number of rotatable bonds is 4. The predicted octanol–water partition coefficient (Wildman–Crippen LogP) is 11.0. The van der Waals surface area contributed by atoms with Gasteiger partial charge in [0.15, 0.2) is 5.58 Å². The van der Waals surface area contributed by atoms with Crippen molar-refractivity contribution in [3.05, 3.63) is 152 Å². The van der Waals surface area contributed by atoms with E-state index in [2.05, 4.69) is 144 Å². The molecular weight excluding hydrogens is 486 g/mol. The lowest BCUT2D eigenvalue weighted by Crippen LogP contribution is -2.12. The second-order valence-electron chi connectivity index (χ2n) is 10.1. The molecule has 0 aliphatic heterocycles. The first-order valence-electron chi connectivity index (χ1n) is 13.6. The molecule has 7 aromatic carbocycles. The molecule has 0 unspecified atom stereocenters. The zero-order chi connectivity index (χ0) is 26.5. The number of hydrogen-bond donors (Lipinski definition) is 0. The molecule has 2 nitrogen and oxygen atoms in total. The van der Waals surface area contributed by atoms with Gasteiger partial charge in [-0.1, -0.05) is 127 Å². The quantitative estimate of drug-likeness (QED) is 0.218. The minimum absolute atomic E-state index is 0.879. The fraction of sp³-hybridized carbons (Fsp3) is 0. The molecule has 0 bridgehead atoms. The third-order valence-corrected chi connectivity index (χ3v) is 7.83. The van der Waals surface area contributed by atoms with Crippen molar-refractivity contribution < 1.29 is 4.42 Å². The van der Waals surface area contributed by atoms with Crippen LogP contribution in [-0.2, 0) is 0 Å². The summed E-state index contributed by atoms with van der Waals surface area (Å²) in [7, 11) is 0. The fourth-order valence-corrected chi connectivity index (χ4v) is 6.13. The van der Waals surface area contributed by atoms with E-state index in [9.17, 15) is 0 Å². The smallest absolute Gasteiger partial charge is 0.159 e. The molecule has 0 N–H and O–H groups in total. The molecule has 0 radical (unpaired) electrons. The van der Waals surface area contributed by atoms with Crippen LogP contribution in [0.5, 0.6) is 0 Å². The number of hydrogen-bond acceptors (Lipinski definition) is 2. The highest BCUT2D eigenvalue weighted by Gasteiger charge is 2.25. The van der Waals surface area contributed by atoms with Crippen LogP contribution in [0.25, 0.3) is 54.6 Å². The van der Waals surface area contributed by atoms with Crippen LogP contribution in [0.1, 0.15) is 0 Å². The van der Waals surface area contributed by atoms with Crippen LogP contribution in [-0.4, -0.2) is 0 Å². The maximum Gasteiger partial charge on any atom is 0.159 e. The molecule has 0 amide bonds. The molecule has 2 heteroatoms. The lowest BCUT2D eigenvalue weighted by atomic mass is 9.90. The molecule has 0 saturated heterocycles. The summed E-state index contributed by atoms with van der Waals surface area (Å²) >= 11 is 0. The lowest BCUT2D eigenvalue weighted by Gasteiger charge is -2.30. The predicted molar refractivity (Wildman–Crippen MR) is 169 cm³/mol. The molecule has 0 spiro atoms. The highest BCUT2D eigenvalue weighted by atomic mass is 16.3. The largest absolute Gasteiger partial charge is 0.454 e. The number of nitrogens with zero attached hydrogens (tertiary/aromatic N) is 1. The monoisotopic (exact) mass is 511 g/mol. The molecule has 0 atom stereocenters. The van der Waals surface area contributed by atoms with Gasteiger partial charge in [-0.2, -0.15) is 0 Å². The van der Waals surface area contributed by atoms with Crippen LogP contribution < -0.4 is 4.90 Å². The van der Waals surface area contributed by atoms with Gasteiger partial charge in [0.25, 0.3) is 0 Å². The van der Waals surface area contributed by atoms with E-state index in [0.717, 1.165) is 39.0 Å². The van der Waals surface area contributed by atoms with Crippen LogP contribution in [0.15, 0.2) is 156 Å². The van der Waals surface area contributed by atoms with E-state index < -0.39 is 0 Å². The van der Waals surface area contributed by atoms with Crippen LogP contribution >= 0.6 is 0 Å². The van der Waals surface area contributed by atoms with Crippen molar-refractivity contribution in [2.45, 2.75) is 0 Å². The molecule has 8 rings (SSSR count). The molecule has 1 aromatic heterocycles. The minimum atomic E-state index is 0.879. The summed E-state index contributed by atoms with van der Waals surface area (Å²) in [6.45, 7) is 0. The summed E-state index contributed by atoms with van der Waals surface area (Å²) in [6, 6.07) is 53.7. The molecule has 0 saturated carbocycles. The number of furan rings is 1. The van der Waals surface area contributed by atoms with Gasteiger partial charge in [-0.25, -0.2) is 0 Å². The van der Waals surface area contributed by atoms with E-state index in [1.165, 1.54) is 32.7 Å². The van der Waals surface area contributed by atoms with E-state index >= 15 is 0 Å². The van der Waals surface area contributed by atoms with Gasteiger partial charge < -0.3 is 9.32 Å². The summed E-state index contributed by atoms with van der Waals surface area (Å²) in [5, 5.41) is 7.12. The van der Waals surface area contributed by atoms with Gasteiger partial charge in [0.2, 0.25) is 0 Å². The Morgan fingerprint density at radius 3 is 1.70 bits per heavy atom. The van der Waals surface area contributed by atoms with Crippen molar-refractivity contribution in [3.8, 4) is 11.1 Å². The van der Waals surface area contributed by atoms with Crippen molar-refractivity contribution in [2.24, 2.45) is 0 Å². The second kappa shape index (κ2) is 9.14. The zero-order valence-electron chi connectivity index (χ0n) is 21.8. The Kier molecular flexibility index (Phi) is 5.17. The number of fused-ring (bicyclic) bond motifs is 6. The van der Waals surface area contributed by atoms with Gasteiger partial charge in [0.1, 0.15) is 5.58 Å². The van der Waals surface area contributed by atoms with E-state index in [0.29, 0.717) is 0 Å². The topological polar surface area (TPSA) is 16.4 Å². The summed E-state index contributed by atoms with van der Waals surface area (Å²) < 4.78 is 6.61. The molecule has 1 heterocycles. The first kappa shape index (κ1) is 22.6. The maximum atomic E-state index is 6.61. The van der Waals surface area contributed by atoms with Gasteiger partial charge in [0, 0.05) is 27.4 Å². The van der Waals surface area contributed by atoms with Gasteiger partial charge in [0.05, 0.1) is 11.4 Å². The van der Waals surface area contributed by atoms with Crippen molar-refractivity contribution in [2.75, 3.05) is 4.90 Å². The summed E-state index contributed by atoms with van der Waals surface area (Å²) in [5.41, 5.74) is 7.38. The first-order valence-corrected chi connectivity index (χ1v) is 13.6. The van der Waals surface area contributed by atoms with E-state index in [1.807, 2.05) is 12.1 Å². The van der Waals surface area contributed by atoms with Crippen molar-refractivity contribution >= 4 is 60.5 Å². The molecular formula is C38H25NO. The fourth-order valence-electron chi connectivity index (χ4n) is 6.13. The average molecular weight is 512 g/mol. The highest BCUT2D eigenvalue weighted by Crippen LogP contribution is 2.50. The van der Waals surface area contributed by atoms with Crippen LogP contribution in [0.4, 0.5) is 17.1 Å². The van der Waals surface area contributed by atoms with Gasteiger partial charge >= 0.3 is 0 Å². The van der Waals surface area contributed by atoms with Crippen LogP contribution in [0, 0.1) is 0 Å². The average Bonchev–Trinajstić information content (AvgIpc) is 3.42. The zero-order valence-corrected chi connectivity index (χ0v) is 21.8. The van der Waals surface area contributed by atoms with E-state index in [1.54, 1.807) is 0 Å². The molecule has 0 aliphatic rings. The molecule has 8 aromatic rings. The van der Waals surface area contributed by atoms with E-state index in [-0.39, 0.29) is 0 Å².